The third kappa shape index (κ3) is 1.64. The predicted molar refractivity (Wildman–Crippen MR) is 44.2 cm³/mol. The van der Waals surface area contributed by atoms with Gasteiger partial charge in [0.25, 0.3) is 0 Å². The van der Waals surface area contributed by atoms with E-state index < -0.39 is 0 Å². The Labute approximate surface area is 70.8 Å². The molecule has 1 aromatic rings. The molecule has 0 atom stereocenters. The minimum Gasteiger partial charge on any atom is -0.504 e. The van der Waals surface area contributed by atoms with E-state index in [0.717, 1.165) is 13.0 Å². The van der Waals surface area contributed by atoms with Gasteiger partial charge in [0, 0.05) is 13.5 Å². The van der Waals surface area contributed by atoms with E-state index in [9.17, 15) is 9.90 Å². The van der Waals surface area contributed by atoms with Crippen LogP contribution in [0.3, 0.4) is 0 Å². The van der Waals surface area contributed by atoms with Gasteiger partial charge in [-0.15, -0.1) is 0 Å². The van der Waals surface area contributed by atoms with E-state index >= 15 is 0 Å². The third-order valence-electron chi connectivity index (χ3n) is 1.53. The molecule has 1 N–H and O–H groups in total. The Balaban J connectivity index is 2.92. The van der Waals surface area contributed by atoms with Crippen LogP contribution in [0.2, 0.25) is 0 Å². The molecule has 0 saturated heterocycles. The highest BCUT2D eigenvalue weighted by molar-refractivity contribution is 5.94. The summed E-state index contributed by atoms with van der Waals surface area (Å²) in [6.45, 7) is 4.12. The van der Waals surface area contributed by atoms with Crippen molar-refractivity contribution in [3.63, 3.8) is 0 Å². The van der Waals surface area contributed by atoms with Gasteiger partial charge in [-0.25, -0.2) is 0 Å². The molecule has 4 heteroatoms. The summed E-state index contributed by atoms with van der Waals surface area (Å²) >= 11 is 0. The quantitative estimate of drug-likeness (QED) is 0.690. The number of rotatable bonds is 3. The van der Waals surface area contributed by atoms with Gasteiger partial charge in [0.2, 0.25) is 0 Å². The first kappa shape index (κ1) is 8.77. The molecule has 4 nitrogen and oxygen atoms in total. The lowest BCUT2D eigenvalue weighted by molar-refractivity contribution is 0.101. The second-order valence-electron chi connectivity index (χ2n) is 2.68. The van der Waals surface area contributed by atoms with Crippen molar-refractivity contribution in [1.82, 2.24) is 9.78 Å². The Kier molecular flexibility index (Phi) is 2.47. The first-order valence-electron chi connectivity index (χ1n) is 3.92. The molecule has 0 aliphatic rings. The van der Waals surface area contributed by atoms with Gasteiger partial charge in [-0.3, -0.25) is 9.48 Å². The molecule has 1 aromatic heterocycles. The molecule has 1 heterocycles. The Morgan fingerprint density at radius 3 is 2.83 bits per heavy atom. The van der Waals surface area contributed by atoms with Gasteiger partial charge in [0.1, 0.15) is 0 Å². The number of carbonyl (C=O) groups is 1. The average Bonchev–Trinajstić information content (AvgIpc) is 2.32. The SMILES string of the molecule is CCCn1cc(O)c(C(C)=O)n1. The summed E-state index contributed by atoms with van der Waals surface area (Å²) in [6.07, 6.45) is 2.40. The summed E-state index contributed by atoms with van der Waals surface area (Å²) in [5.74, 6) is -0.238. The minimum atomic E-state index is -0.206. The van der Waals surface area contributed by atoms with Crippen molar-refractivity contribution in [3.8, 4) is 5.75 Å². The lowest BCUT2D eigenvalue weighted by Gasteiger charge is -1.93. The fraction of sp³-hybridized carbons (Fsp3) is 0.500. The highest BCUT2D eigenvalue weighted by Crippen LogP contribution is 2.14. The Bertz CT molecular complexity index is 291. The summed E-state index contributed by atoms with van der Waals surface area (Å²) < 4.78 is 1.58. The number of aromatic hydroxyl groups is 1. The molecule has 12 heavy (non-hydrogen) atoms. The highest BCUT2D eigenvalue weighted by atomic mass is 16.3. The smallest absolute Gasteiger partial charge is 0.183 e. The normalized spacial score (nSPS) is 10.2. The van der Waals surface area contributed by atoms with E-state index in [2.05, 4.69) is 5.10 Å². The monoisotopic (exact) mass is 168 g/mol. The van der Waals surface area contributed by atoms with Gasteiger partial charge in [-0.1, -0.05) is 6.92 Å². The van der Waals surface area contributed by atoms with E-state index in [-0.39, 0.29) is 17.2 Å². The number of hydrogen-bond donors (Lipinski definition) is 1. The molecular formula is C8H12N2O2. The summed E-state index contributed by atoms with van der Waals surface area (Å²) in [7, 11) is 0. The van der Waals surface area contributed by atoms with Gasteiger partial charge < -0.3 is 5.11 Å². The van der Waals surface area contributed by atoms with E-state index in [0.29, 0.717) is 0 Å². The van der Waals surface area contributed by atoms with Gasteiger partial charge in [-0.05, 0) is 6.42 Å². The van der Waals surface area contributed by atoms with Crippen molar-refractivity contribution >= 4 is 5.78 Å². The second kappa shape index (κ2) is 3.38. The van der Waals surface area contributed by atoms with Gasteiger partial charge in [0.05, 0.1) is 6.20 Å². The first-order chi connectivity index (χ1) is 5.65. The zero-order valence-electron chi connectivity index (χ0n) is 7.24. The van der Waals surface area contributed by atoms with Crippen LogP contribution >= 0.6 is 0 Å². The average molecular weight is 168 g/mol. The van der Waals surface area contributed by atoms with Crippen molar-refractivity contribution in [2.75, 3.05) is 0 Å². The van der Waals surface area contributed by atoms with Crippen molar-refractivity contribution in [3.05, 3.63) is 11.9 Å². The Morgan fingerprint density at radius 1 is 1.75 bits per heavy atom. The molecule has 0 fully saturated rings. The maximum atomic E-state index is 10.8. The van der Waals surface area contributed by atoms with Crippen LogP contribution in [0.4, 0.5) is 0 Å². The van der Waals surface area contributed by atoms with Crippen molar-refractivity contribution in [1.29, 1.82) is 0 Å². The Hall–Kier alpha value is -1.32. The molecule has 0 aromatic carbocycles. The van der Waals surface area contributed by atoms with Gasteiger partial charge in [-0.2, -0.15) is 5.10 Å². The molecule has 0 aliphatic carbocycles. The minimum absolute atomic E-state index is 0.0315. The van der Waals surface area contributed by atoms with E-state index in [1.165, 1.54) is 13.1 Å². The van der Waals surface area contributed by atoms with Crippen molar-refractivity contribution in [2.24, 2.45) is 0 Å². The number of ketones is 1. The van der Waals surface area contributed by atoms with Crippen LogP contribution in [-0.4, -0.2) is 20.7 Å². The van der Waals surface area contributed by atoms with Crippen molar-refractivity contribution < 1.29 is 9.90 Å². The number of aromatic nitrogens is 2. The van der Waals surface area contributed by atoms with E-state index in [4.69, 9.17) is 0 Å². The number of carbonyl (C=O) groups excluding carboxylic acids is 1. The predicted octanol–water partition coefficient (Wildman–Crippen LogP) is 1.20. The largest absolute Gasteiger partial charge is 0.504 e. The lowest BCUT2D eigenvalue weighted by atomic mass is 10.3. The number of hydrogen-bond acceptors (Lipinski definition) is 3. The summed E-state index contributed by atoms with van der Waals surface area (Å²) in [5, 5.41) is 13.1. The summed E-state index contributed by atoms with van der Waals surface area (Å²) in [6, 6.07) is 0. The van der Waals surface area contributed by atoms with Crippen LogP contribution in [0.25, 0.3) is 0 Å². The van der Waals surface area contributed by atoms with Crippen LogP contribution in [0.5, 0.6) is 5.75 Å². The second-order valence-corrected chi connectivity index (χ2v) is 2.68. The molecule has 0 amide bonds. The maximum Gasteiger partial charge on any atom is 0.183 e. The molecule has 0 radical (unpaired) electrons. The molecule has 0 aliphatic heterocycles. The van der Waals surface area contributed by atoms with Gasteiger partial charge >= 0.3 is 0 Å². The van der Waals surface area contributed by atoms with Crippen LogP contribution in [0.15, 0.2) is 6.20 Å². The summed E-state index contributed by atoms with van der Waals surface area (Å²) in [4.78, 5) is 10.8. The molecule has 0 saturated carbocycles. The molecule has 66 valence electrons. The van der Waals surface area contributed by atoms with E-state index in [1.54, 1.807) is 4.68 Å². The van der Waals surface area contributed by atoms with Crippen molar-refractivity contribution in [2.45, 2.75) is 26.8 Å². The van der Waals surface area contributed by atoms with Crippen LogP contribution in [-0.2, 0) is 6.54 Å². The standard InChI is InChI=1S/C8H12N2O2/c1-3-4-10-5-7(12)8(9-10)6(2)11/h5,12H,3-4H2,1-2H3. The van der Waals surface area contributed by atoms with Crippen LogP contribution in [0.1, 0.15) is 30.8 Å². The number of nitrogens with zero attached hydrogens (tertiary/aromatic N) is 2. The zero-order chi connectivity index (χ0) is 9.14. The zero-order valence-corrected chi connectivity index (χ0v) is 7.24. The number of Topliss-reactive ketones (excluding diaryl/α,β-unsaturated/α-hetero) is 1. The molecular weight excluding hydrogens is 156 g/mol. The van der Waals surface area contributed by atoms with Crippen LogP contribution in [0, 0.1) is 0 Å². The fourth-order valence-corrected chi connectivity index (χ4v) is 1.01. The molecule has 1 rings (SSSR count). The number of aryl methyl sites for hydroxylation is 1. The molecule has 0 unspecified atom stereocenters. The summed E-state index contributed by atoms with van der Waals surface area (Å²) in [5.41, 5.74) is 0.156. The first-order valence-corrected chi connectivity index (χ1v) is 3.92. The highest BCUT2D eigenvalue weighted by Gasteiger charge is 2.10. The van der Waals surface area contributed by atoms with E-state index in [1.807, 2.05) is 6.92 Å². The lowest BCUT2D eigenvalue weighted by Crippen LogP contribution is -2.00. The Morgan fingerprint density at radius 2 is 2.42 bits per heavy atom. The topological polar surface area (TPSA) is 55.1 Å². The molecule has 0 bridgehead atoms. The third-order valence-corrected chi connectivity index (χ3v) is 1.53. The maximum absolute atomic E-state index is 10.8. The van der Waals surface area contributed by atoms with Crippen LogP contribution < -0.4 is 0 Å². The fourth-order valence-electron chi connectivity index (χ4n) is 1.01. The molecule has 0 spiro atoms. The van der Waals surface area contributed by atoms with Gasteiger partial charge in [0.15, 0.2) is 17.2 Å².